The topological polar surface area (TPSA) is 82.2 Å². The summed E-state index contributed by atoms with van der Waals surface area (Å²) in [6.45, 7) is 6.49. The van der Waals surface area contributed by atoms with Gasteiger partial charge in [0.25, 0.3) is 0 Å². The smallest absolute Gasteiger partial charge is 0.130 e. The fraction of sp³-hybridized carbons (Fsp3) is 0.350. The number of hydrogen-bond donors (Lipinski definition) is 4. The molecular weight excluding hydrogens is 328 g/mol. The number of benzene rings is 2. The van der Waals surface area contributed by atoms with Crippen LogP contribution in [0.4, 0.5) is 5.69 Å². The maximum absolute atomic E-state index is 10.1. The summed E-state index contributed by atoms with van der Waals surface area (Å²) in [6, 6.07) is 12.0. The number of hydrogen-bond acceptors (Lipinski definition) is 5. The number of ether oxygens (including phenoxy) is 1. The van der Waals surface area contributed by atoms with Crippen LogP contribution in [-0.2, 0) is 0 Å². The summed E-state index contributed by atoms with van der Waals surface area (Å²) in [4.78, 5) is 0. The molecule has 0 fully saturated rings. The van der Waals surface area contributed by atoms with Crippen molar-refractivity contribution in [3.63, 3.8) is 0 Å². The molecule has 138 valence electrons. The van der Waals surface area contributed by atoms with E-state index < -0.39 is 6.10 Å². The van der Waals surface area contributed by atoms with Crippen molar-refractivity contribution in [2.75, 3.05) is 31.6 Å². The van der Waals surface area contributed by atoms with Crippen LogP contribution in [0.2, 0.25) is 0 Å². The van der Waals surface area contributed by atoms with E-state index in [0.29, 0.717) is 6.54 Å². The van der Waals surface area contributed by atoms with Crippen LogP contribution in [0, 0.1) is 13.8 Å². The van der Waals surface area contributed by atoms with E-state index in [1.807, 2.05) is 18.2 Å². The van der Waals surface area contributed by atoms with Crippen molar-refractivity contribution >= 4 is 16.6 Å². The van der Waals surface area contributed by atoms with E-state index in [4.69, 9.17) is 4.74 Å². The molecule has 0 unspecified atom stereocenters. The number of fused-ring (bicyclic) bond motifs is 1. The molecule has 3 rings (SSSR count). The number of aromatic nitrogens is 2. The number of H-pyrrole nitrogens is 1. The predicted molar refractivity (Wildman–Crippen MR) is 105 cm³/mol. The van der Waals surface area contributed by atoms with Gasteiger partial charge in [0.2, 0.25) is 0 Å². The lowest BCUT2D eigenvalue weighted by molar-refractivity contribution is 0.107. The molecule has 2 aromatic carbocycles. The van der Waals surface area contributed by atoms with Gasteiger partial charge in [-0.3, -0.25) is 5.10 Å². The summed E-state index contributed by atoms with van der Waals surface area (Å²) in [6.07, 6.45) is 1.16. The molecule has 26 heavy (non-hydrogen) atoms. The second-order valence-corrected chi connectivity index (χ2v) is 6.45. The Morgan fingerprint density at radius 2 is 1.88 bits per heavy atom. The van der Waals surface area contributed by atoms with Crippen LogP contribution in [0.3, 0.4) is 0 Å². The first kappa shape index (κ1) is 18.2. The number of aryl methyl sites for hydroxylation is 2. The Hall–Kier alpha value is -2.57. The maximum atomic E-state index is 10.1. The Kier molecular flexibility index (Phi) is 6.09. The van der Waals surface area contributed by atoms with Crippen LogP contribution in [0.25, 0.3) is 10.9 Å². The lowest BCUT2D eigenvalue weighted by Crippen LogP contribution is -2.34. The van der Waals surface area contributed by atoms with Crippen molar-refractivity contribution in [2.24, 2.45) is 0 Å². The molecule has 0 bridgehead atoms. The lowest BCUT2D eigenvalue weighted by Gasteiger charge is -2.15. The molecule has 0 aliphatic carbocycles. The van der Waals surface area contributed by atoms with Gasteiger partial charge in [-0.1, -0.05) is 24.3 Å². The van der Waals surface area contributed by atoms with Crippen molar-refractivity contribution in [3.05, 3.63) is 53.7 Å². The molecule has 0 aliphatic rings. The average Bonchev–Trinajstić information content (AvgIpc) is 3.11. The fourth-order valence-corrected chi connectivity index (χ4v) is 2.95. The Bertz CT molecular complexity index is 826. The molecule has 1 heterocycles. The standard InChI is InChI=1S/C20H26N4O2/c1-14-5-3-6-15(2)20(14)22-10-9-21-11-16(25)13-26-19-8-4-7-18-17(19)12-23-24-18/h3-8,12,16,21-22,25H,9-11,13H2,1-2H3,(H,23,24)/t16-/m0/s1. The van der Waals surface area contributed by atoms with E-state index in [-0.39, 0.29) is 6.61 Å². The van der Waals surface area contributed by atoms with Gasteiger partial charge in [0.15, 0.2) is 0 Å². The molecule has 4 N–H and O–H groups in total. The normalized spacial score (nSPS) is 12.3. The zero-order valence-corrected chi connectivity index (χ0v) is 15.2. The molecule has 0 saturated heterocycles. The number of aliphatic hydroxyl groups excluding tert-OH is 1. The van der Waals surface area contributed by atoms with Crippen LogP contribution >= 0.6 is 0 Å². The number of nitrogens with zero attached hydrogens (tertiary/aromatic N) is 1. The van der Waals surface area contributed by atoms with E-state index in [1.165, 1.54) is 16.8 Å². The van der Waals surface area contributed by atoms with Gasteiger partial charge < -0.3 is 20.5 Å². The monoisotopic (exact) mass is 354 g/mol. The highest BCUT2D eigenvalue weighted by molar-refractivity contribution is 5.84. The van der Waals surface area contributed by atoms with Crippen molar-refractivity contribution in [1.82, 2.24) is 15.5 Å². The van der Waals surface area contributed by atoms with E-state index in [2.05, 4.69) is 52.9 Å². The maximum Gasteiger partial charge on any atom is 0.130 e. The number of rotatable bonds is 9. The zero-order valence-electron chi connectivity index (χ0n) is 15.2. The van der Waals surface area contributed by atoms with Gasteiger partial charge in [0, 0.05) is 25.3 Å². The third kappa shape index (κ3) is 4.53. The molecule has 0 aliphatic heterocycles. The molecular formula is C20H26N4O2. The van der Waals surface area contributed by atoms with Gasteiger partial charge in [0.1, 0.15) is 18.5 Å². The quantitative estimate of drug-likeness (QED) is 0.444. The Morgan fingerprint density at radius 3 is 2.69 bits per heavy atom. The van der Waals surface area contributed by atoms with Crippen LogP contribution in [0.1, 0.15) is 11.1 Å². The molecule has 6 heteroatoms. The van der Waals surface area contributed by atoms with Gasteiger partial charge in [0.05, 0.1) is 17.1 Å². The summed E-state index contributed by atoms with van der Waals surface area (Å²) in [5.41, 5.74) is 4.60. The van der Waals surface area contributed by atoms with Crippen LogP contribution in [0.5, 0.6) is 5.75 Å². The molecule has 3 aromatic rings. The van der Waals surface area contributed by atoms with Crippen molar-refractivity contribution in [2.45, 2.75) is 20.0 Å². The second-order valence-electron chi connectivity index (χ2n) is 6.45. The summed E-state index contributed by atoms with van der Waals surface area (Å²) in [5.74, 6) is 0.729. The Balaban J connectivity index is 1.37. The first-order chi connectivity index (χ1) is 12.6. The molecule has 0 spiro atoms. The van der Waals surface area contributed by atoms with E-state index in [9.17, 15) is 5.11 Å². The average molecular weight is 354 g/mol. The first-order valence-electron chi connectivity index (χ1n) is 8.89. The number of nitrogens with one attached hydrogen (secondary N) is 3. The highest BCUT2D eigenvalue weighted by Gasteiger charge is 2.08. The predicted octanol–water partition coefficient (Wildman–Crippen LogP) is 2.62. The Morgan fingerprint density at radius 1 is 1.12 bits per heavy atom. The molecule has 0 radical (unpaired) electrons. The number of aliphatic hydroxyl groups is 1. The molecule has 6 nitrogen and oxygen atoms in total. The molecule has 0 amide bonds. The highest BCUT2D eigenvalue weighted by atomic mass is 16.5. The molecule has 1 aromatic heterocycles. The van der Waals surface area contributed by atoms with Gasteiger partial charge >= 0.3 is 0 Å². The first-order valence-corrected chi connectivity index (χ1v) is 8.89. The van der Waals surface area contributed by atoms with Crippen molar-refractivity contribution < 1.29 is 9.84 Å². The summed E-state index contributed by atoms with van der Waals surface area (Å²) in [7, 11) is 0. The minimum Gasteiger partial charge on any atom is -0.490 e. The Labute approximate surface area is 153 Å². The number of para-hydroxylation sites is 1. The number of aromatic amines is 1. The third-order valence-corrected chi connectivity index (χ3v) is 4.34. The summed E-state index contributed by atoms with van der Waals surface area (Å²) < 4.78 is 5.73. The highest BCUT2D eigenvalue weighted by Crippen LogP contribution is 2.23. The van der Waals surface area contributed by atoms with E-state index in [1.54, 1.807) is 6.20 Å². The summed E-state index contributed by atoms with van der Waals surface area (Å²) >= 11 is 0. The molecule has 0 saturated carbocycles. The summed E-state index contributed by atoms with van der Waals surface area (Å²) in [5, 5.41) is 24.6. The van der Waals surface area contributed by atoms with E-state index in [0.717, 1.165) is 29.7 Å². The zero-order chi connectivity index (χ0) is 18.4. The van der Waals surface area contributed by atoms with Gasteiger partial charge in [-0.25, -0.2) is 0 Å². The number of anilines is 1. The fourth-order valence-electron chi connectivity index (χ4n) is 2.95. The van der Waals surface area contributed by atoms with Crippen molar-refractivity contribution in [1.29, 1.82) is 0 Å². The minimum atomic E-state index is -0.572. The van der Waals surface area contributed by atoms with Gasteiger partial charge in [-0.05, 0) is 37.1 Å². The van der Waals surface area contributed by atoms with Crippen LogP contribution in [0.15, 0.2) is 42.6 Å². The van der Waals surface area contributed by atoms with Crippen LogP contribution < -0.4 is 15.4 Å². The van der Waals surface area contributed by atoms with Crippen LogP contribution in [-0.4, -0.2) is 47.6 Å². The van der Waals surface area contributed by atoms with Gasteiger partial charge in [-0.2, -0.15) is 5.10 Å². The SMILES string of the molecule is Cc1cccc(C)c1NCCNC[C@H](O)COc1cccc2[nH]ncc12. The second kappa shape index (κ2) is 8.69. The minimum absolute atomic E-state index is 0.238. The van der Waals surface area contributed by atoms with E-state index >= 15 is 0 Å². The van der Waals surface area contributed by atoms with Crippen molar-refractivity contribution in [3.8, 4) is 5.75 Å². The largest absolute Gasteiger partial charge is 0.490 e. The molecule has 1 atom stereocenters. The lowest BCUT2D eigenvalue weighted by atomic mass is 10.1. The third-order valence-electron chi connectivity index (χ3n) is 4.34. The van der Waals surface area contributed by atoms with Gasteiger partial charge in [-0.15, -0.1) is 0 Å².